The van der Waals surface area contributed by atoms with Crippen molar-refractivity contribution < 1.29 is 9.21 Å². The van der Waals surface area contributed by atoms with E-state index in [4.69, 9.17) is 16.0 Å². The van der Waals surface area contributed by atoms with Crippen molar-refractivity contribution in [1.29, 1.82) is 0 Å². The smallest absolute Gasteiger partial charge is 0.273 e. The third kappa shape index (κ3) is 5.06. The lowest BCUT2D eigenvalue weighted by molar-refractivity contribution is 0.0948. The number of aromatic nitrogens is 1. The predicted molar refractivity (Wildman–Crippen MR) is 101 cm³/mol. The molecule has 26 heavy (non-hydrogen) atoms. The van der Waals surface area contributed by atoms with E-state index in [1.54, 1.807) is 0 Å². The second-order valence-electron chi connectivity index (χ2n) is 6.53. The lowest BCUT2D eigenvalue weighted by Crippen LogP contribution is -2.45. The molecular weight excluding hydrogens is 352 g/mol. The Morgan fingerprint density at radius 1 is 1.19 bits per heavy atom. The van der Waals surface area contributed by atoms with E-state index in [9.17, 15) is 4.79 Å². The zero-order valence-electron chi connectivity index (χ0n) is 15.1. The summed E-state index contributed by atoms with van der Waals surface area (Å²) in [7, 11) is 0. The van der Waals surface area contributed by atoms with Crippen LogP contribution in [-0.2, 0) is 13.1 Å². The summed E-state index contributed by atoms with van der Waals surface area (Å²) in [5, 5.41) is 3.63. The molecule has 0 bridgehead atoms. The lowest BCUT2D eigenvalue weighted by Gasteiger charge is -2.34. The van der Waals surface area contributed by atoms with E-state index in [1.165, 1.54) is 6.26 Å². The van der Waals surface area contributed by atoms with Crippen LogP contribution in [0.5, 0.6) is 0 Å². The largest absolute Gasteiger partial charge is 0.447 e. The van der Waals surface area contributed by atoms with Gasteiger partial charge < -0.3 is 9.73 Å². The Hall–Kier alpha value is -1.89. The summed E-state index contributed by atoms with van der Waals surface area (Å²) in [6.45, 7) is 7.96. The Bertz CT molecular complexity index is 726. The highest BCUT2D eigenvalue weighted by atomic mass is 35.5. The molecule has 0 radical (unpaired) electrons. The molecule has 1 amide bonds. The molecule has 1 aliphatic heterocycles. The number of carbonyl (C=O) groups excluding carboxylic acids is 1. The topological polar surface area (TPSA) is 61.6 Å². The van der Waals surface area contributed by atoms with Crippen LogP contribution in [0.1, 0.15) is 35.3 Å². The van der Waals surface area contributed by atoms with E-state index < -0.39 is 0 Å². The van der Waals surface area contributed by atoms with Crippen molar-refractivity contribution in [2.45, 2.75) is 26.4 Å². The van der Waals surface area contributed by atoms with Crippen molar-refractivity contribution in [3.63, 3.8) is 0 Å². The van der Waals surface area contributed by atoms with Gasteiger partial charge in [0.15, 0.2) is 5.69 Å². The summed E-state index contributed by atoms with van der Waals surface area (Å²) in [6.07, 6.45) is 2.34. The van der Waals surface area contributed by atoms with Crippen LogP contribution in [0.4, 0.5) is 0 Å². The van der Waals surface area contributed by atoms with Crippen molar-refractivity contribution in [3.8, 4) is 0 Å². The lowest BCUT2D eigenvalue weighted by atomic mass is 10.2. The normalized spacial score (nSPS) is 15.9. The summed E-state index contributed by atoms with van der Waals surface area (Å²) in [5.41, 5.74) is 1.52. The van der Waals surface area contributed by atoms with E-state index in [0.29, 0.717) is 24.7 Å². The number of nitrogens with one attached hydrogen (secondary N) is 1. The van der Waals surface area contributed by atoms with Gasteiger partial charge in [-0.3, -0.25) is 14.6 Å². The Balaban J connectivity index is 1.46. The number of amides is 1. The summed E-state index contributed by atoms with van der Waals surface area (Å²) < 4.78 is 5.46. The first-order chi connectivity index (χ1) is 12.7. The zero-order valence-corrected chi connectivity index (χ0v) is 15.8. The van der Waals surface area contributed by atoms with Gasteiger partial charge in [0.25, 0.3) is 5.91 Å². The van der Waals surface area contributed by atoms with E-state index in [2.05, 4.69) is 26.2 Å². The molecule has 0 aliphatic carbocycles. The Kier molecular flexibility index (Phi) is 6.66. The van der Waals surface area contributed by atoms with Crippen molar-refractivity contribution >= 4 is 17.5 Å². The second kappa shape index (κ2) is 9.16. The monoisotopic (exact) mass is 376 g/mol. The van der Waals surface area contributed by atoms with Crippen LogP contribution in [0.2, 0.25) is 5.02 Å². The second-order valence-corrected chi connectivity index (χ2v) is 6.93. The van der Waals surface area contributed by atoms with Gasteiger partial charge >= 0.3 is 0 Å². The van der Waals surface area contributed by atoms with Crippen LogP contribution in [0.15, 0.2) is 34.9 Å². The number of oxazole rings is 1. The van der Waals surface area contributed by atoms with Crippen molar-refractivity contribution in [3.05, 3.63) is 52.7 Å². The molecule has 140 valence electrons. The number of benzene rings is 1. The first-order valence-corrected chi connectivity index (χ1v) is 9.44. The molecule has 1 aromatic carbocycles. The van der Waals surface area contributed by atoms with Crippen LogP contribution < -0.4 is 5.32 Å². The zero-order chi connectivity index (χ0) is 18.4. The van der Waals surface area contributed by atoms with Gasteiger partial charge in [-0.15, -0.1) is 0 Å². The fourth-order valence-corrected chi connectivity index (χ4v) is 3.18. The van der Waals surface area contributed by atoms with Crippen molar-refractivity contribution in [2.24, 2.45) is 0 Å². The van der Waals surface area contributed by atoms with Gasteiger partial charge in [-0.1, -0.05) is 36.7 Å². The number of carbonyl (C=O) groups is 1. The molecule has 2 aromatic rings. The molecule has 3 rings (SSSR count). The minimum absolute atomic E-state index is 0.175. The molecule has 0 spiro atoms. The molecule has 6 nitrogen and oxygen atoms in total. The van der Waals surface area contributed by atoms with Gasteiger partial charge in [0.05, 0.1) is 6.54 Å². The van der Waals surface area contributed by atoms with Gasteiger partial charge in [0.1, 0.15) is 6.26 Å². The maximum atomic E-state index is 11.9. The van der Waals surface area contributed by atoms with Crippen LogP contribution >= 0.6 is 11.6 Å². The Labute approximate surface area is 159 Å². The fraction of sp³-hybridized carbons (Fsp3) is 0.474. The van der Waals surface area contributed by atoms with Gasteiger partial charge in [0.2, 0.25) is 5.89 Å². The minimum atomic E-state index is -0.175. The number of piperazine rings is 1. The van der Waals surface area contributed by atoms with E-state index in [1.807, 2.05) is 25.1 Å². The molecule has 1 fully saturated rings. The van der Waals surface area contributed by atoms with Crippen LogP contribution in [0, 0.1) is 0 Å². The molecule has 2 heterocycles. The standard InChI is InChI=1S/C19H25ClN4O2/c1-2-7-21-19(25)17-14-26-18(22-17)13-24-10-8-23(9-11-24)12-15-5-3-4-6-16(15)20/h3-6,14H,2,7-13H2,1H3,(H,21,25). The van der Waals surface area contributed by atoms with Gasteiger partial charge in [-0.25, -0.2) is 4.98 Å². The summed E-state index contributed by atoms with van der Waals surface area (Å²) in [4.78, 5) is 20.9. The number of hydrogen-bond acceptors (Lipinski definition) is 5. The third-order valence-corrected chi connectivity index (χ3v) is 4.86. The van der Waals surface area contributed by atoms with E-state index >= 15 is 0 Å². The quantitative estimate of drug-likeness (QED) is 0.805. The average Bonchev–Trinajstić information content (AvgIpc) is 3.12. The SMILES string of the molecule is CCCNC(=O)c1coc(CN2CCN(Cc3ccccc3Cl)CC2)n1. The van der Waals surface area contributed by atoms with Crippen LogP contribution in [0.25, 0.3) is 0 Å². The minimum Gasteiger partial charge on any atom is -0.447 e. The highest BCUT2D eigenvalue weighted by Crippen LogP contribution is 2.18. The van der Waals surface area contributed by atoms with Crippen molar-refractivity contribution in [1.82, 2.24) is 20.1 Å². The molecule has 1 saturated heterocycles. The predicted octanol–water partition coefficient (Wildman–Crippen LogP) is 2.79. The summed E-state index contributed by atoms with van der Waals surface area (Å²) in [5.74, 6) is 0.414. The van der Waals surface area contributed by atoms with Gasteiger partial charge in [-0.05, 0) is 18.1 Å². The molecule has 1 N–H and O–H groups in total. The number of nitrogens with zero attached hydrogens (tertiary/aromatic N) is 3. The first-order valence-electron chi connectivity index (χ1n) is 9.06. The molecule has 0 atom stereocenters. The maximum Gasteiger partial charge on any atom is 0.273 e. The highest BCUT2D eigenvalue weighted by molar-refractivity contribution is 6.31. The van der Waals surface area contributed by atoms with Gasteiger partial charge in [-0.2, -0.15) is 0 Å². The summed E-state index contributed by atoms with van der Waals surface area (Å²) >= 11 is 6.25. The number of hydrogen-bond donors (Lipinski definition) is 1. The Morgan fingerprint density at radius 3 is 2.58 bits per heavy atom. The third-order valence-electron chi connectivity index (χ3n) is 4.50. The molecular formula is C19H25ClN4O2. The molecule has 0 saturated carbocycles. The van der Waals surface area contributed by atoms with Crippen LogP contribution in [-0.4, -0.2) is 53.4 Å². The Morgan fingerprint density at radius 2 is 1.88 bits per heavy atom. The molecule has 1 aliphatic rings. The average molecular weight is 377 g/mol. The van der Waals surface area contributed by atoms with E-state index in [0.717, 1.165) is 49.7 Å². The van der Waals surface area contributed by atoms with Crippen LogP contribution in [0.3, 0.4) is 0 Å². The fourth-order valence-electron chi connectivity index (χ4n) is 2.98. The highest BCUT2D eigenvalue weighted by Gasteiger charge is 2.20. The van der Waals surface area contributed by atoms with Crippen molar-refractivity contribution in [2.75, 3.05) is 32.7 Å². The molecule has 7 heteroatoms. The molecule has 0 unspecified atom stereocenters. The molecule has 1 aromatic heterocycles. The van der Waals surface area contributed by atoms with Gasteiger partial charge in [0, 0.05) is 44.3 Å². The summed E-state index contributed by atoms with van der Waals surface area (Å²) in [6, 6.07) is 7.99. The number of rotatable bonds is 7. The maximum absolute atomic E-state index is 11.9. The number of halogens is 1. The van der Waals surface area contributed by atoms with E-state index in [-0.39, 0.29) is 5.91 Å². The first kappa shape index (κ1) is 18.9.